The SMILES string of the molecule is CCCCN(CC)C(C#N)c1c(C)nc2ccccn12. The number of hydrogen-bond acceptors (Lipinski definition) is 3. The van der Waals surface area contributed by atoms with Crippen LogP contribution in [-0.2, 0) is 0 Å². The first-order valence-electron chi connectivity index (χ1n) is 7.30. The molecule has 0 aromatic carbocycles. The van der Waals surface area contributed by atoms with E-state index in [0.717, 1.165) is 43.0 Å². The van der Waals surface area contributed by atoms with Gasteiger partial charge in [-0.15, -0.1) is 0 Å². The Morgan fingerprint density at radius 1 is 1.40 bits per heavy atom. The zero-order valence-electron chi connectivity index (χ0n) is 12.5. The Balaban J connectivity index is 2.43. The standard InChI is InChI=1S/C16H22N4/c1-4-6-10-19(5-2)14(12-17)16-13(3)18-15-9-7-8-11-20(15)16/h7-9,11,14H,4-6,10H2,1-3H3. The second-order valence-corrected chi connectivity index (χ2v) is 5.03. The van der Waals surface area contributed by atoms with E-state index in [1.54, 1.807) is 0 Å². The predicted molar refractivity (Wildman–Crippen MR) is 80.4 cm³/mol. The molecule has 2 aromatic heterocycles. The lowest BCUT2D eigenvalue weighted by Crippen LogP contribution is -2.30. The van der Waals surface area contributed by atoms with Crippen LogP contribution in [0.5, 0.6) is 0 Å². The smallest absolute Gasteiger partial charge is 0.141 e. The van der Waals surface area contributed by atoms with Crippen molar-refractivity contribution < 1.29 is 0 Å². The van der Waals surface area contributed by atoms with Gasteiger partial charge in [0.15, 0.2) is 0 Å². The molecule has 0 spiro atoms. The molecule has 0 radical (unpaired) electrons. The Hall–Kier alpha value is -1.86. The molecule has 1 atom stereocenters. The monoisotopic (exact) mass is 270 g/mol. The van der Waals surface area contributed by atoms with Gasteiger partial charge in [-0.2, -0.15) is 5.26 Å². The summed E-state index contributed by atoms with van der Waals surface area (Å²) in [5.74, 6) is 0. The Morgan fingerprint density at radius 3 is 2.85 bits per heavy atom. The molecule has 4 nitrogen and oxygen atoms in total. The summed E-state index contributed by atoms with van der Waals surface area (Å²) in [4.78, 5) is 6.79. The molecule has 0 aliphatic heterocycles. The second-order valence-electron chi connectivity index (χ2n) is 5.03. The van der Waals surface area contributed by atoms with Crippen molar-refractivity contribution in [1.82, 2.24) is 14.3 Å². The summed E-state index contributed by atoms with van der Waals surface area (Å²) in [5, 5.41) is 9.65. The minimum Gasteiger partial charge on any atom is -0.301 e. The first-order valence-corrected chi connectivity index (χ1v) is 7.30. The van der Waals surface area contributed by atoms with Crippen LogP contribution < -0.4 is 0 Å². The third kappa shape index (κ3) is 2.68. The maximum absolute atomic E-state index is 9.65. The van der Waals surface area contributed by atoms with Crippen molar-refractivity contribution >= 4 is 5.65 Å². The summed E-state index contributed by atoms with van der Waals surface area (Å²) < 4.78 is 2.04. The summed E-state index contributed by atoms with van der Waals surface area (Å²) in [6, 6.07) is 8.16. The molecule has 0 bridgehead atoms. The van der Waals surface area contributed by atoms with Crippen molar-refractivity contribution in [3.8, 4) is 6.07 Å². The molecule has 0 saturated carbocycles. The Bertz CT molecular complexity index is 608. The minimum absolute atomic E-state index is 0.232. The van der Waals surface area contributed by atoms with Crippen LogP contribution in [0.25, 0.3) is 5.65 Å². The number of aryl methyl sites for hydroxylation is 1. The first-order chi connectivity index (χ1) is 9.72. The molecule has 2 aromatic rings. The highest BCUT2D eigenvalue weighted by Gasteiger charge is 2.24. The quantitative estimate of drug-likeness (QED) is 0.808. The van der Waals surface area contributed by atoms with Gasteiger partial charge in [-0.05, 0) is 38.6 Å². The number of nitrogens with zero attached hydrogens (tertiary/aromatic N) is 4. The fraction of sp³-hybridized carbons (Fsp3) is 0.500. The van der Waals surface area contributed by atoms with Gasteiger partial charge in [0.1, 0.15) is 11.7 Å². The van der Waals surface area contributed by atoms with E-state index in [1.807, 2.05) is 35.7 Å². The van der Waals surface area contributed by atoms with Gasteiger partial charge in [0.05, 0.1) is 17.5 Å². The molecule has 20 heavy (non-hydrogen) atoms. The molecule has 0 aliphatic carbocycles. The van der Waals surface area contributed by atoms with Gasteiger partial charge in [0.2, 0.25) is 0 Å². The topological polar surface area (TPSA) is 44.3 Å². The van der Waals surface area contributed by atoms with Crippen molar-refractivity contribution in [2.45, 2.75) is 39.7 Å². The molecule has 0 aliphatic rings. The number of pyridine rings is 1. The first kappa shape index (κ1) is 14.5. The molecular weight excluding hydrogens is 248 g/mol. The van der Waals surface area contributed by atoms with Crippen molar-refractivity contribution in [2.24, 2.45) is 0 Å². The van der Waals surface area contributed by atoms with E-state index in [2.05, 4.69) is 29.8 Å². The lowest BCUT2D eigenvalue weighted by atomic mass is 10.1. The maximum atomic E-state index is 9.65. The molecule has 106 valence electrons. The Morgan fingerprint density at radius 2 is 2.20 bits per heavy atom. The van der Waals surface area contributed by atoms with E-state index in [9.17, 15) is 5.26 Å². The molecule has 4 heteroatoms. The maximum Gasteiger partial charge on any atom is 0.141 e. The van der Waals surface area contributed by atoms with Crippen molar-refractivity contribution in [2.75, 3.05) is 13.1 Å². The third-order valence-corrected chi connectivity index (χ3v) is 3.70. The van der Waals surface area contributed by atoms with Crippen LogP contribution in [0.2, 0.25) is 0 Å². The predicted octanol–water partition coefficient (Wildman–Crippen LogP) is 3.33. The van der Waals surface area contributed by atoms with Gasteiger partial charge in [-0.1, -0.05) is 26.3 Å². The average Bonchev–Trinajstić information content (AvgIpc) is 2.79. The van der Waals surface area contributed by atoms with E-state index in [-0.39, 0.29) is 6.04 Å². The number of fused-ring (bicyclic) bond motifs is 1. The van der Waals surface area contributed by atoms with Crippen LogP contribution in [0.4, 0.5) is 0 Å². The zero-order chi connectivity index (χ0) is 14.5. The number of imidazole rings is 1. The summed E-state index contributed by atoms with van der Waals surface area (Å²) in [6.07, 6.45) is 4.24. The third-order valence-electron chi connectivity index (χ3n) is 3.70. The number of rotatable bonds is 6. The molecule has 0 amide bonds. The summed E-state index contributed by atoms with van der Waals surface area (Å²) in [5.41, 5.74) is 2.85. The van der Waals surface area contributed by atoms with Crippen LogP contribution in [0.3, 0.4) is 0 Å². The zero-order valence-corrected chi connectivity index (χ0v) is 12.5. The number of hydrogen-bond donors (Lipinski definition) is 0. The van der Waals surface area contributed by atoms with E-state index in [1.165, 1.54) is 0 Å². The van der Waals surface area contributed by atoms with E-state index < -0.39 is 0 Å². The summed E-state index contributed by atoms with van der Waals surface area (Å²) in [6.45, 7) is 8.09. The van der Waals surface area contributed by atoms with Crippen molar-refractivity contribution in [3.63, 3.8) is 0 Å². The van der Waals surface area contributed by atoms with Crippen LogP contribution in [-0.4, -0.2) is 27.4 Å². The Kier molecular flexibility index (Phi) is 4.75. The molecule has 2 rings (SSSR count). The van der Waals surface area contributed by atoms with Crippen LogP contribution in [0.1, 0.15) is 44.1 Å². The fourth-order valence-electron chi connectivity index (χ4n) is 2.61. The summed E-state index contributed by atoms with van der Waals surface area (Å²) in [7, 11) is 0. The van der Waals surface area contributed by atoms with Gasteiger partial charge in [0, 0.05) is 6.20 Å². The molecule has 0 N–H and O–H groups in total. The number of nitriles is 1. The molecule has 2 heterocycles. The minimum atomic E-state index is -0.232. The van der Waals surface area contributed by atoms with E-state index in [0.29, 0.717) is 0 Å². The summed E-state index contributed by atoms with van der Waals surface area (Å²) >= 11 is 0. The fourth-order valence-corrected chi connectivity index (χ4v) is 2.61. The van der Waals surface area contributed by atoms with Gasteiger partial charge >= 0.3 is 0 Å². The van der Waals surface area contributed by atoms with Crippen molar-refractivity contribution in [3.05, 3.63) is 35.8 Å². The van der Waals surface area contributed by atoms with E-state index in [4.69, 9.17) is 0 Å². The lowest BCUT2D eigenvalue weighted by molar-refractivity contribution is 0.240. The van der Waals surface area contributed by atoms with Gasteiger partial charge < -0.3 is 4.40 Å². The van der Waals surface area contributed by atoms with Gasteiger partial charge in [-0.25, -0.2) is 4.98 Å². The van der Waals surface area contributed by atoms with Gasteiger partial charge in [0.25, 0.3) is 0 Å². The van der Waals surface area contributed by atoms with Crippen LogP contribution in [0, 0.1) is 18.3 Å². The number of unbranched alkanes of at least 4 members (excludes halogenated alkanes) is 1. The molecule has 1 unspecified atom stereocenters. The van der Waals surface area contributed by atoms with Gasteiger partial charge in [-0.3, -0.25) is 4.90 Å². The normalized spacial score (nSPS) is 12.8. The van der Waals surface area contributed by atoms with E-state index >= 15 is 0 Å². The highest BCUT2D eigenvalue weighted by Crippen LogP contribution is 2.24. The molecule has 0 saturated heterocycles. The van der Waals surface area contributed by atoms with Crippen LogP contribution in [0.15, 0.2) is 24.4 Å². The largest absolute Gasteiger partial charge is 0.301 e. The average molecular weight is 270 g/mol. The Labute approximate surface area is 120 Å². The highest BCUT2D eigenvalue weighted by molar-refractivity contribution is 5.44. The molecule has 0 fully saturated rings. The van der Waals surface area contributed by atoms with Crippen LogP contribution >= 0.6 is 0 Å². The second kappa shape index (κ2) is 6.53. The molecular formula is C16H22N4. The lowest BCUT2D eigenvalue weighted by Gasteiger charge is -2.25. The number of aromatic nitrogens is 2. The van der Waals surface area contributed by atoms with Crippen molar-refractivity contribution in [1.29, 1.82) is 5.26 Å². The highest BCUT2D eigenvalue weighted by atomic mass is 15.2.